The zero-order valence-electron chi connectivity index (χ0n) is 12.0. The van der Waals surface area contributed by atoms with E-state index in [1.165, 1.54) is 18.2 Å². The predicted molar refractivity (Wildman–Crippen MR) is 83.0 cm³/mol. The minimum absolute atomic E-state index is 0.143. The van der Waals surface area contributed by atoms with Crippen LogP contribution in [-0.4, -0.2) is 47.1 Å². The highest BCUT2D eigenvalue weighted by atomic mass is 35.5. The van der Waals surface area contributed by atoms with Crippen LogP contribution in [0.5, 0.6) is 0 Å². The van der Waals surface area contributed by atoms with E-state index in [-0.39, 0.29) is 35.5 Å². The summed E-state index contributed by atoms with van der Waals surface area (Å²) in [5, 5.41) is 22.9. The van der Waals surface area contributed by atoms with Crippen LogP contribution in [0.1, 0.15) is 12.8 Å². The zero-order valence-corrected chi connectivity index (χ0v) is 12.8. The molecule has 0 saturated carbocycles. The number of carbonyl (C=O) groups is 1. The van der Waals surface area contributed by atoms with Crippen LogP contribution >= 0.6 is 11.6 Å². The van der Waals surface area contributed by atoms with Crippen molar-refractivity contribution >= 4 is 28.9 Å². The summed E-state index contributed by atoms with van der Waals surface area (Å²) in [5.41, 5.74) is -0.0792. The van der Waals surface area contributed by atoms with Crippen molar-refractivity contribution in [3.8, 4) is 0 Å². The first-order valence-electron chi connectivity index (χ1n) is 7.06. The Balaban J connectivity index is 1.94. The standard InChI is InChI=1S/C14H18ClN3O4/c15-11-1-2-12(13(7-11)18(21)22)16-14(20)8-17-5-3-10(9-19)4-6-17/h1-2,7,10,19H,3-6,8-9H2,(H,16,20). The van der Waals surface area contributed by atoms with Crippen LogP contribution in [-0.2, 0) is 4.79 Å². The van der Waals surface area contributed by atoms with Gasteiger partial charge in [-0.05, 0) is 44.0 Å². The number of carbonyl (C=O) groups excluding carboxylic acids is 1. The maximum Gasteiger partial charge on any atom is 0.294 e. The van der Waals surface area contributed by atoms with Crippen molar-refractivity contribution in [2.75, 3.05) is 31.6 Å². The van der Waals surface area contributed by atoms with Gasteiger partial charge in [-0.15, -0.1) is 0 Å². The van der Waals surface area contributed by atoms with Gasteiger partial charge in [-0.1, -0.05) is 11.6 Å². The molecule has 0 bridgehead atoms. The SMILES string of the molecule is O=C(CN1CCC(CO)CC1)Nc1ccc(Cl)cc1[N+](=O)[O-]. The summed E-state index contributed by atoms with van der Waals surface area (Å²) in [6.07, 6.45) is 1.70. The Labute approximate surface area is 133 Å². The van der Waals surface area contributed by atoms with Gasteiger partial charge in [0.05, 0.1) is 11.5 Å². The van der Waals surface area contributed by atoms with Crippen LogP contribution in [0.3, 0.4) is 0 Å². The largest absolute Gasteiger partial charge is 0.396 e. The first-order valence-corrected chi connectivity index (χ1v) is 7.44. The van der Waals surface area contributed by atoms with Crippen molar-refractivity contribution in [3.05, 3.63) is 33.3 Å². The molecule has 1 aliphatic rings. The molecule has 0 atom stereocenters. The van der Waals surface area contributed by atoms with Gasteiger partial charge in [-0.2, -0.15) is 0 Å². The Morgan fingerprint density at radius 1 is 1.45 bits per heavy atom. The summed E-state index contributed by atoms with van der Waals surface area (Å²) in [6.45, 7) is 1.83. The van der Waals surface area contributed by atoms with Gasteiger partial charge in [0.1, 0.15) is 5.69 Å². The molecule has 1 aromatic carbocycles. The number of hydrogen-bond acceptors (Lipinski definition) is 5. The number of anilines is 1. The lowest BCUT2D eigenvalue weighted by molar-refractivity contribution is -0.383. The van der Waals surface area contributed by atoms with Crippen molar-refractivity contribution in [3.63, 3.8) is 0 Å². The normalized spacial score (nSPS) is 16.5. The number of amides is 1. The second kappa shape index (κ2) is 7.53. The number of aliphatic hydroxyl groups excluding tert-OH is 1. The fourth-order valence-electron chi connectivity index (χ4n) is 2.48. The van der Waals surface area contributed by atoms with Gasteiger partial charge >= 0.3 is 0 Å². The van der Waals surface area contributed by atoms with E-state index in [0.717, 1.165) is 25.9 Å². The molecular formula is C14H18ClN3O4. The maximum atomic E-state index is 12.0. The van der Waals surface area contributed by atoms with Gasteiger partial charge in [0.25, 0.3) is 5.69 Å². The number of benzene rings is 1. The van der Waals surface area contributed by atoms with E-state index in [2.05, 4.69) is 5.32 Å². The molecule has 0 radical (unpaired) electrons. The Morgan fingerprint density at radius 3 is 2.73 bits per heavy atom. The van der Waals surface area contributed by atoms with Gasteiger partial charge in [0.2, 0.25) is 5.91 Å². The molecule has 1 aliphatic heterocycles. The number of aliphatic hydroxyl groups is 1. The smallest absolute Gasteiger partial charge is 0.294 e. The van der Waals surface area contributed by atoms with E-state index in [4.69, 9.17) is 16.7 Å². The number of halogens is 1. The Morgan fingerprint density at radius 2 is 2.14 bits per heavy atom. The van der Waals surface area contributed by atoms with Crippen LogP contribution < -0.4 is 5.32 Å². The van der Waals surface area contributed by atoms with E-state index < -0.39 is 4.92 Å². The summed E-state index contributed by atoms with van der Waals surface area (Å²) in [5.74, 6) is 0.00420. The molecule has 1 heterocycles. The Bertz CT molecular complexity index is 559. The number of rotatable bonds is 5. The van der Waals surface area contributed by atoms with Crippen molar-refractivity contribution in [2.45, 2.75) is 12.8 Å². The molecule has 7 nitrogen and oxygen atoms in total. The molecule has 0 aliphatic carbocycles. The quantitative estimate of drug-likeness (QED) is 0.636. The molecule has 1 fully saturated rings. The molecule has 0 spiro atoms. The first kappa shape index (κ1) is 16.7. The van der Waals surface area contributed by atoms with E-state index in [9.17, 15) is 14.9 Å². The molecule has 120 valence electrons. The van der Waals surface area contributed by atoms with Crippen LogP contribution in [0.15, 0.2) is 18.2 Å². The topological polar surface area (TPSA) is 95.7 Å². The molecular weight excluding hydrogens is 310 g/mol. The molecule has 1 amide bonds. The highest BCUT2D eigenvalue weighted by Gasteiger charge is 2.22. The van der Waals surface area contributed by atoms with Crippen molar-refractivity contribution in [1.82, 2.24) is 4.90 Å². The molecule has 1 saturated heterocycles. The number of nitro benzene ring substituents is 1. The summed E-state index contributed by atoms with van der Waals surface area (Å²) in [4.78, 5) is 24.4. The number of likely N-dealkylation sites (tertiary alicyclic amines) is 1. The predicted octanol–water partition coefficient (Wildman–Crippen LogP) is 1.89. The summed E-state index contributed by atoms with van der Waals surface area (Å²) in [7, 11) is 0. The van der Waals surface area contributed by atoms with Crippen molar-refractivity contribution in [1.29, 1.82) is 0 Å². The number of piperidine rings is 1. The lowest BCUT2D eigenvalue weighted by Crippen LogP contribution is -2.39. The Kier molecular flexibility index (Phi) is 5.70. The first-order chi connectivity index (χ1) is 10.5. The number of nitro groups is 1. The Hall–Kier alpha value is -1.70. The number of nitrogens with one attached hydrogen (secondary N) is 1. The van der Waals surface area contributed by atoms with Crippen LogP contribution in [0, 0.1) is 16.0 Å². The van der Waals surface area contributed by atoms with Crippen LogP contribution in [0.4, 0.5) is 11.4 Å². The van der Waals surface area contributed by atoms with Crippen LogP contribution in [0.25, 0.3) is 0 Å². The van der Waals surface area contributed by atoms with E-state index in [0.29, 0.717) is 5.92 Å². The van der Waals surface area contributed by atoms with E-state index in [1.807, 2.05) is 4.90 Å². The third-order valence-corrected chi connectivity index (χ3v) is 4.00. The fourth-order valence-corrected chi connectivity index (χ4v) is 2.65. The van der Waals surface area contributed by atoms with Gasteiger partial charge < -0.3 is 10.4 Å². The van der Waals surface area contributed by atoms with Crippen molar-refractivity contribution < 1.29 is 14.8 Å². The average Bonchev–Trinajstić information content (AvgIpc) is 2.49. The van der Waals surface area contributed by atoms with E-state index in [1.54, 1.807) is 0 Å². The summed E-state index contributed by atoms with van der Waals surface area (Å²) < 4.78 is 0. The highest BCUT2D eigenvalue weighted by Crippen LogP contribution is 2.27. The second-order valence-corrected chi connectivity index (χ2v) is 5.81. The fraction of sp³-hybridized carbons (Fsp3) is 0.500. The minimum Gasteiger partial charge on any atom is -0.396 e. The molecule has 0 aromatic heterocycles. The number of nitrogens with zero attached hydrogens (tertiary/aromatic N) is 2. The zero-order chi connectivity index (χ0) is 16.1. The lowest BCUT2D eigenvalue weighted by atomic mass is 9.98. The minimum atomic E-state index is -0.575. The van der Waals surface area contributed by atoms with Crippen LogP contribution in [0.2, 0.25) is 5.02 Å². The molecule has 8 heteroatoms. The second-order valence-electron chi connectivity index (χ2n) is 5.37. The number of hydrogen-bond donors (Lipinski definition) is 2. The van der Waals surface area contributed by atoms with Gasteiger partial charge in [0.15, 0.2) is 0 Å². The van der Waals surface area contributed by atoms with Gasteiger partial charge in [-0.25, -0.2) is 0 Å². The molecule has 1 aromatic rings. The average molecular weight is 328 g/mol. The molecule has 2 rings (SSSR count). The van der Waals surface area contributed by atoms with E-state index >= 15 is 0 Å². The van der Waals surface area contributed by atoms with Crippen molar-refractivity contribution in [2.24, 2.45) is 5.92 Å². The highest BCUT2D eigenvalue weighted by molar-refractivity contribution is 6.31. The molecule has 2 N–H and O–H groups in total. The monoisotopic (exact) mass is 327 g/mol. The maximum absolute atomic E-state index is 12.0. The summed E-state index contributed by atoms with van der Waals surface area (Å²) in [6, 6.07) is 4.14. The lowest BCUT2D eigenvalue weighted by Gasteiger charge is -2.30. The third kappa shape index (κ3) is 4.40. The van der Waals surface area contributed by atoms with Gasteiger partial charge in [0, 0.05) is 17.7 Å². The molecule has 0 unspecified atom stereocenters. The third-order valence-electron chi connectivity index (χ3n) is 3.76. The van der Waals surface area contributed by atoms with Gasteiger partial charge in [-0.3, -0.25) is 19.8 Å². The molecule has 22 heavy (non-hydrogen) atoms. The summed E-state index contributed by atoms with van der Waals surface area (Å²) >= 11 is 5.73.